The van der Waals surface area contributed by atoms with Gasteiger partial charge in [0, 0.05) is 19.7 Å². The lowest BCUT2D eigenvalue weighted by atomic mass is 9.43. The second-order valence-corrected chi connectivity index (χ2v) is 11.0. The van der Waals surface area contributed by atoms with Crippen LogP contribution in [0.4, 0.5) is 0 Å². The first-order chi connectivity index (χ1) is 13.6. The van der Waals surface area contributed by atoms with Crippen molar-refractivity contribution >= 4 is 13.1 Å². The highest BCUT2D eigenvalue weighted by atomic mass is 16.7. The standard InChI is InChI=1S/C23H29BO5/c1-21(2)12-9-17(21)23(5)18(10-12)28-24(29-23)16-11-15(16)13-7-6-8-14-19(13)26-22(3,4)27-20(14)25/h6-8,12,15-18H,9-11H2,1-5H3/t12?,15?,16?,17?,18?,23-/m0/s1. The third-order valence-corrected chi connectivity index (χ3v) is 8.51. The highest BCUT2D eigenvalue weighted by Gasteiger charge is 2.70. The number of hydrogen-bond donors (Lipinski definition) is 0. The van der Waals surface area contributed by atoms with Gasteiger partial charge in [-0.05, 0) is 61.0 Å². The largest absolute Gasteiger partial charge is 0.461 e. The fourth-order valence-electron chi connectivity index (χ4n) is 6.62. The maximum absolute atomic E-state index is 12.4. The third-order valence-electron chi connectivity index (χ3n) is 8.51. The summed E-state index contributed by atoms with van der Waals surface area (Å²) in [5, 5.41) is 0. The van der Waals surface area contributed by atoms with Crippen molar-refractivity contribution in [3.8, 4) is 5.75 Å². The van der Waals surface area contributed by atoms with Gasteiger partial charge in [-0.2, -0.15) is 0 Å². The molecule has 2 bridgehead atoms. The molecule has 5 unspecified atom stereocenters. The van der Waals surface area contributed by atoms with E-state index in [-0.39, 0.29) is 24.8 Å². The van der Waals surface area contributed by atoms with E-state index in [9.17, 15) is 4.79 Å². The lowest BCUT2D eigenvalue weighted by Gasteiger charge is -2.64. The van der Waals surface area contributed by atoms with Crippen molar-refractivity contribution in [2.75, 3.05) is 0 Å². The lowest BCUT2D eigenvalue weighted by Crippen LogP contribution is -2.65. The molecule has 0 N–H and O–H groups in total. The van der Waals surface area contributed by atoms with Crippen LogP contribution in [0.15, 0.2) is 18.2 Å². The summed E-state index contributed by atoms with van der Waals surface area (Å²) >= 11 is 0. The van der Waals surface area contributed by atoms with E-state index >= 15 is 0 Å². The van der Waals surface area contributed by atoms with E-state index in [1.165, 1.54) is 6.42 Å². The molecule has 1 saturated heterocycles. The zero-order chi connectivity index (χ0) is 20.3. The Morgan fingerprint density at radius 3 is 2.59 bits per heavy atom. The number of rotatable bonds is 2. The molecular formula is C23H29BO5. The summed E-state index contributed by atoms with van der Waals surface area (Å²) in [6, 6.07) is 5.77. The van der Waals surface area contributed by atoms with Crippen LogP contribution in [0.2, 0.25) is 5.82 Å². The zero-order valence-corrected chi connectivity index (χ0v) is 17.9. The number of cyclic esters (lactones) is 1. The van der Waals surface area contributed by atoms with E-state index < -0.39 is 5.79 Å². The average Bonchev–Trinajstić information content (AvgIpc) is 3.33. The van der Waals surface area contributed by atoms with Crippen LogP contribution in [-0.4, -0.2) is 30.6 Å². The highest BCUT2D eigenvalue weighted by molar-refractivity contribution is 6.49. The first-order valence-electron chi connectivity index (χ1n) is 11.0. The van der Waals surface area contributed by atoms with Crippen molar-refractivity contribution in [3.05, 3.63) is 29.3 Å². The predicted octanol–water partition coefficient (Wildman–Crippen LogP) is 4.56. The van der Waals surface area contributed by atoms with Crippen molar-refractivity contribution in [2.24, 2.45) is 17.3 Å². The van der Waals surface area contributed by atoms with Gasteiger partial charge in [-0.3, -0.25) is 0 Å². The number of hydrogen-bond acceptors (Lipinski definition) is 5. The van der Waals surface area contributed by atoms with Crippen LogP contribution < -0.4 is 4.74 Å². The van der Waals surface area contributed by atoms with Crippen LogP contribution in [0.3, 0.4) is 0 Å². The molecule has 1 aromatic carbocycles. The van der Waals surface area contributed by atoms with Crippen LogP contribution in [0.1, 0.15) is 75.7 Å². The van der Waals surface area contributed by atoms with E-state index in [4.69, 9.17) is 18.8 Å². The molecule has 29 heavy (non-hydrogen) atoms. The van der Waals surface area contributed by atoms with Crippen LogP contribution in [0.25, 0.3) is 0 Å². The minimum atomic E-state index is -0.945. The molecule has 0 amide bonds. The molecule has 6 heteroatoms. The van der Waals surface area contributed by atoms with Gasteiger partial charge in [0.2, 0.25) is 5.79 Å². The fraction of sp³-hybridized carbons (Fsp3) is 0.696. The first-order valence-corrected chi connectivity index (χ1v) is 11.0. The molecule has 7 rings (SSSR count). The van der Waals surface area contributed by atoms with Crippen molar-refractivity contribution in [1.82, 2.24) is 0 Å². The van der Waals surface area contributed by atoms with Crippen LogP contribution in [0.5, 0.6) is 5.75 Å². The highest BCUT2D eigenvalue weighted by Crippen LogP contribution is 2.68. The molecule has 5 fully saturated rings. The summed E-state index contributed by atoms with van der Waals surface area (Å²) in [4.78, 5) is 12.4. The summed E-state index contributed by atoms with van der Waals surface area (Å²) in [6.07, 6.45) is 3.58. The predicted molar refractivity (Wildman–Crippen MR) is 108 cm³/mol. The molecule has 0 spiro atoms. The summed E-state index contributed by atoms with van der Waals surface area (Å²) in [5.74, 6) is 1.35. The lowest BCUT2D eigenvalue weighted by molar-refractivity contribution is -0.199. The average molecular weight is 396 g/mol. The Bertz CT molecular complexity index is 911. The Morgan fingerprint density at radius 2 is 1.83 bits per heavy atom. The van der Waals surface area contributed by atoms with Crippen molar-refractivity contribution in [1.29, 1.82) is 0 Å². The number of carbonyl (C=O) groups excluding carboxylic acids is 1. The van der Waals surface area contributed by atoms with Crippen LogP contribution in [-0.2, 0) is 14.0 Å². The Morgan fingerprint density at radius 1 is 1.03 bits per heavy atom. The Kier molecular flexibility index (Phi) is 3.39. The Balaban J connectivity index is 1.25. The zero-order valence-electron chi connectivity index (χ0n) is 17.9. The van der Waals surface area contributed by atoms with Gasteiger partial charge in [0.25, 0.3) is 0 Å². The number of para-hydroxylation sites is 1. The SMILES string of the molecule is CC1(C)OC(=O)c2cccc(C3CC3B3OC4CC5CC(C5(C)C)[C@]4(C)O3)c2O1. The molecule has 2 heterocycles. The van der Waals surface area contributed by atoms with E-state index in [1.54, 1.807) is 19.9 Å². The number of carbonyl (C=O) groups is 1. The van der Waals surface area contributed by atoms with Gasteiger partial charge in [-0.25, -0.2) is 4.79 Å². The van der Waals surface area contributed by atoms with Gasteiger partial charge in [0.15, 0.2) is 0 Å². The molecule has 154 valence electrons. The monoisotopic (exact) mass is 396 g/mol. The number of benzene rings is 1. The van der Waals surface area contributed by atoms with E-state index in [2.05, 4.69) is 26.8 Å². The van der Waals surface area contributed by atoms with Gasteiger partial charge in [-0.15, -0.1) is 0 Å². The Hall–Kier alpha value is -1.53. The van der Waals surface area contributed by atoms with E-state index in [1.807, 2.05) is 6.07 Å². The minimum Gasteiger partial charge on any atom is -0.452 e. The summed E-state index contributed by atoms with van der Waals surface area (Å²) in [5.41, 5.74) is 1.78. The molecule has 4 aliphatic carbocycles. The molecule has 6 atom stereocenters. The van der Waals surface area contributed by atoms with Gasteiger partial charge >= 0.3 is 13.1 Å². The normalized spacial score (nSPS) is 42.9. The second-order valence-electron chi connectivity index (χ2n) is 11.0. The fourth-order valence-corrected chi connectivity index (χ4v) is 6.62. The van der Waals surface area contributed by atoms with Crippen LogP contribution in [0, 0.1) is 17.3 Å². The maximum Gasteiger partial charge on any atom is 0.461 e. The quantitative estimate of drug-likeness (QED) is 0.542. The first kappa shape index (κ1) is 18.3. The molecule has 0 radical (unpaired) electrons. The van der Waals surface area contributed by atoms with Crippen molar-refractivity contribution < 1.29 is 23.6 Å². The molecule has 6 aliphatic rings. The summed E-state index contributed by atoms with van der Waals surface area (Å²) < 4.78 is 24.6. The second kappa shape index (κ2) is 5.39. The van der Waals surface area contributed by atoms with E-state index in [0.29, 0.717) is 34.4 Å². The summed E-state index contributed by atoms with van der Waals surface area (Å²) in [7, 11) is -0.162. The van der Waals surface area contributed by atoms with E-state index in [0.717, 1.165) is 24.3 Å². The summed E-state index contributed by atoms with van der Waals surface area (Å²) in [6.45, 7) is 10.6. The molecule has 1 aromatic rings. The minimum absolute atomic E-state index is 0.162. The Labute approximate surface area is 172 Å². The van der Waals surface area contributed by atoms with Gasteiger partial charge in [0.05, 0.1) is 11.7 Å². The van der Waals surface area contributed by atoms with Crippen LogP contribution >= 0.6 is 0 Å². The molecular weight excluding hydrogens is 367 g/mol. The number of esters is 1. The van der Waals surface area contributed by atoms with Gasteiger partial charge < -0.3 is 18.8 Å². The molecule has 5 nitrogen and oxygen atoms in total. The van der Waals surface area contributed by atoms with Gasteiger partial charge in [-0.1, -0.05) is 26.0 Å². The van der Waals surface area contributed by atoms with Gasteiger partial charge in [0.1, 0.15) is 11.3 Å². The van der Waals surface area contributed by atoms with Crippen molar-refractivity contribution in [2.45, 2.75) is 83.1 Å². The number of ether oxygens (including phenoxy) is 2. The molecule has 0 aromatic heterocycles. The van der Waals surface area contributed by atoms with Crippen molar-refractivity contribution in [3.63, 3.8) is 0 Å². The topological polar surface area (TPSA) is 54.0 Å². The smallest absolute Gasteiger partial charge is 0.452 e. The molecule has 2 aliphatic heterocycles. The number of fused-ring (bicyclic) bond motifs is 1. The maximum atomic E-state index is 12.4. The third kappa shape index (κ3) is 2.39. The molecule has 4 saturated carbocycles.